The smallest absolute Gasteiger partial charge is 0.216 e. The Hall–Kier alpha value is -2.05. The Kier molecular flexibility index (Phi) is 5.41. The number of benzene rings is 1. The molecular formula is C16H23N3O3. The van der Waals surface area contributed by atoms with Gasteiger partial charge in [0.2, 0.25) is 5.88 Å². The first-order valence-electron chi connectivity index (χ1n) is 7.16. The van der Waals surface area contributed by atoms with Crippen molar-refractivity contribution < 1.29 is 14.6 Å². The van der Waals surface area contributed by atoms with Crippen LogP contribution >= 0.6 is 0 Å². The molecule has 0 aliphatic heterocycles. The number of methoxy groups -OCH3 is 2. The van der Waals surface area contributed by atoms with Gasteiger partial charge in [0.15, 0.2) is 0 Å². The number of ether oxygens (including phenoxy) is 2. The molecule has 0 aliphatic carbocycles. The number of nitrogens with zero attached hydrogens (tertiary/aromatic N) is 2. The highest BCUT2D eigenvalue weighted by atomic mass is 16.5. The van der Waals surface area contributed by atoms with E-state index in [9.17, 15) is 5.11 Å². The van der Waals surface area contributed by atoms with E-state index in [1.54, 1.807) is 18.9 Å². The predicted octanol–water partition coefficient (Wildman–Crippen LogP) is 1.57. The average molecular weight is 305 g/mol. The molecule has 1 atom stereocenters. The number of aliphatic hydroxyl groups is 1. The SMILES string of the molecule is COc1ccc([C@H](O)CNCc2c(C)nn(C)c2OC)cc1. The van der Waals surface area contributed by atoms with Crippen LogP contribution in [0.2, 0.25) is 0 Å². The van der Waals surface area contributed by atoms with Crippen LogP contribution in [-0.2, 0) is 13.6 Å². The summed E-state index contributed by atoms with van der Waals surface area (Å²) >= 11 is 0. The summed E-state index contributed by atoms with van der Waals surface area (Å²) in [6, 6.07) is 7.40. The van der Waals surface area contributed by atoms with Gasteiger partial charge < -0.3 is 19.9 Å². The molecule has 2 rings (SSSR count). The summed E-state index contributed by atoms with van der Waals surface area (Å²) in [4.78, 5) is 0. The van der Waals surface area contributed by atoms with Gasteiger partial charge >= 0.3 is 0 Å². The normalized spacial score (nSPS) is 12.2. The molecule has 1 aromatic heterocycles. The number of hydrogen-bond acceptors (Lipinski definition) is 5. The number of aryl methyl sites for hydroxylation is 2. The van der Waals surface area contributed by atoms with Gasteiger partial charge in [-0.05, 0) is 24.6 Å². The second kappa shape index (κ2) is 7.29. The van der Waals surface area contributed by atoms with Crippen molar-refractivity contribution in [2.75, 3.05) is 20.8 Å². The van der Waals surface area contributed by atoms with Crippen LogP contribution in [0.3, 0.4) is 0 Å². The molecule has 0 bridgehead atoms. The van der Waals surface area contributed by atoms with E-state index < -0.39 is 6.10 Å². The number of hydrogen-bond donors (Lipinski definition) is 2. The monoisotopic (exact) mass is 305 g/mol. The van der Waals surface area contributed by atoms with Crippen LogP contribution in [0, 0.1) is 6.92 Å². The molecule has 0 aliphatic rings. The van der Waals surface area contributed by atoms with E-state index in [4.69, 9.17) is 9.47 Å². The van der Waals surface area contributed by atoms with Crippen molar-refractivity contribution in [3.63, 3.8) is 0 Å². The van der Waals surface area contributed by atoms with Crippen molar-refractivity contribution in [1.29, 1.82) is 0 Å². The first-order valence-corrected chi connectivity index (χ1v) is 7.16. The van der Waals surface area contributed by atoms with Crippen LogP contribution in [-0.4, -0.2) is 35.7 Å². The van der Waals surface area contributed by atoms with E-state index in [1.165, 1.54) is 0 Å². The molecule has 0 fully saturated rings. The predicted molar refractivity (Wildman–Crippen MR) is 84.2 cm³/mol. The molecule has 22 heavy (non-hydrogen) atoms. The standard InChI is InChI=1S/C16H23N3O3/c1-11-14(16(22-4)19(2)18-11)9-17-10-15(20)12-5-7-13(21-3)8-6-12/h5-8,15,17,20H,9-10H2,1-4H3/t15-/m1/s1. The third kappa shape index (κ3) is 3.58. The Morgan fingerprint density at radius 1 is 1.23 bits per heavy atom. The van der Waals surface area contributed by atoms with E-state index >= 15 is 0 Å². The molecule has 0 amide bonds. The topological polar surface area (TPSA) is 68.5 Å². The van der Waals surface area contributed by atoms with Crippen LogP contribution in [0.4, 0.5) is 0 Å². The van der Waals surface area contributed by atoms with Crippen LogP contribution < -0.4 is 14.8 Å². The third-order valence-corrected chi connectivity index (χ3v) is 3.62. The summed E-state index contributed by atoms with van der Waals surface area (Å²) in [5.41, 5.74) is 2.78. The van der Waals surface area contributed by atoms with Crippen molar-refractivity contribution in [3.05, 3.63) is 41.1 Å². The second-order valence-corrected chi connectivity index (χ2v) is 5.12. The molecule has 6 nitrogen and oxygen atoms in total. The van der Waals surface area contributed by atoms with Gasteiger partial charge in [-0.25, -0.2) is 4.68 Å². The number of nitrogens with one attached hydrogen (secondary N) is 1. The fourth-order valence-corrected chi connectivity index (χ4v) is 2.42. The van der Waals surface area contributed by atoms with Gasteiger partial charge in [-0.1, -0.05) is 12.1 Å². The lowest BCUT2D eigenvalue weighted by atomic mass is 10.1. The van der Waals surface area contributed by atoms with Gasteiger partial charge in [-0.15, -0.1) is 0 Å². The maximum atomic E-state index is 10.2. The zero-order chi connectivity index (χ0) is 16.1. The Balaban J connectivity index is 1.93. The third-order valence-electron chi connectivity index (χ3n) is 3.62. The highest BCUT2D eigenvalue weighted by molar-refractivity contribution is 5.31. The minimum absolute atomic E-state index is 0.448. The fourth-order valence-electron chi connectivity index (χ4n) is 2.42. The Bertz CT molecular complexity index is 608. The summed E-state index contributed by atoms with van der Waals surface area (Å²) in [5.74, 6) is 1.52. The zero-order valence-corrected chi connectivity index (χ0v) is 13.5. The minimum Gasteiger partial charge on any atom is -0.497 e. The number of aliphatic hydroxyl groups excluding tert-OH is 1. The Labute approximate surface area is 130 Å². The molecule has 0 spiro atoms. The van der Waals surface area contributed by atoms with E-state index in [-0.39, 0.29) is 0 Å². The minimum atomic E-state index is -0.575. The summed E-state index contributed by atoms with van der Waals surface area (Å²) in [6.07, 6.45) is -0.575. The van der Waals surface area contributed by atoms with E-state index in [2.05, 4.69) is 10.4 Å². The van der Waals surface area contributed by atoms with Crippen molar-refractivity contribution in [2.24, 2.45) is 7.05 Å². The maximum absolute atomic E-state index is 10.2. The molecule has 2 N–H and O–H groups in total. The summed E-state index contributed by atoms with van der Waals surface area (Å²) < 4.78 is 12.2. The van der Waals surface area contributed by atoms with Crippen LogP contribution in [0.1, 0.15) is 22.9 Å². The van der Waals surface area contributed by atoms with Gasteiger partial charge in [-0.2, -0.15) is 5.10 Å². The maximum Gasteiger partial charge on any atom is 0.216 e. The van der Waals surface area contributed by atoms with Crippen molar-refractivity contribution >= 4 is 0 Å². The molecule has 0 saturated carbocycles. The zero-order valence-electron chi connectivity index (χ0n) is 13.5. The van der Waals surface area contributed by atoms with Crippen molar-refractivity contribution in [1.82, 2.24) is 15.1 Å². The number of aromatic nitrogens is 2. The lowest BCUT2D eigenvalue weighted by Gasteiger charge is -2.13. The molecule has 1 heterocycles. The molecule has 1 aromatic carbocycles. The van der Waals surface area contributed by atoms with Crippen LogP contribution in [0.5, 0.6) is 11.6 Å². The van der Waals surface area contributed by atoms with E-state index in [0.717, 1.165) is 28.5 Å². The highest BCUT2D eigenvalue weighted by Crippen LogP contribution is 2.21. The average Bonchev–Trinajstić information content (AvgIpc) is 2.80. The van der Waals surface area contributed by atoms with Gasteiger partial charge in [0.1, 0.15) is 5.75 Å². The first-order chi connectivity index (χ1) is 10.6. The fraction of sp³-hybridized carbons (Fsp3) is 0.438. The summed E-state index contributed by atoms with van der Waals surface area (Å²) in [6.45, 7) is 2.99. The molecule has 0 radical (unpaired) electrons. The molecule has 0 unspecified atom stereocenters. The Morgan fingerprint density at radius 2 is 1.91 bits per heavy atom. The number of rotatable bonds is 7. The first kappa shape index (κ1) is 16.3. The Morgan fingerprint density at radius 3 is 2.50 bits per heavy atom. The molecule has 0 saturated heterocycles. The van der Waals surface area contributed by atoms with E-state index in [0.29, 0.717) is 13.1 Å². The second-order valence-electron chi connectivity index (χ2n) is 5.12. The lowest BCUT2D eigenvalue weighted by Crippen LogP contribution is -2.21. The van der Waals surface area contributed by atoms with Crippen molar-refractivity contribution in [3.8, 4) is 11.6 Å². The quantitative estimate of drug-likeness (QED) is 0.812. The van der Waals surface area contributed by atoms with E-state index in [1.807, 2.05) is 38.2 Å². The van der Waals surface area contributed by atoms with Crippen LogP contribution in [0.15, 0.2) is 24.3 Å². The summed E-state index contributed by atoms with van der Waals surface area (Å²) in [7, 11) is 5.10. The van der Waals surface area contributed by atoms with Crippen LogP contribution in [0.25, 0.3) is 0 Å². The molecule has 2 aromatic rings. The molecule has 120 valence electrons. The highest BCUT2D eigenvalue weighted by Gasteiger charge is 2.14. The summed E-state index contributed by atoms with van der Waals surface area (Å²) in [5, 5.41) is 17.8. The van der Waals surface area contributed by atoms with Gasteiger partial charge in [0, 0.05) is 20.1 Å². The largest absolute Gasteiger partial charge is 0.497 e. The molecule has 6 heteroatoms. The van der Waals surface area contributed by atoms with Gasteiger partial charge in [-0.3, -0.25) is 0 Å². The van der Waals surface area contributed by atoms with Crippen molar-refractivity contribution in [2.45, 2.75) is 19.6 Å². The van der Waals surface area contributed by atoms with Gasteiger partial charge in [0.25, 0.3) is 0 Å². The lowest BCUT2D eigenvalue weighted by molar-refractivity contribution is 0.174. The molecular weight excluding hydrogens is 282 g/mol. The van der Waals surface area contributed by atoms with Gasteiger partial charge in [0.05, 0.1) is 31.6 Å².